The van der Waals surface area contributed by atoms with Crippen molar-refractivity contribution in [1.82, 2.24) is 24.0 Å². The molecule has 0 spiro atoms. The number of fused-ring (bicyclic) bond motifs is 1. The molecule has 2 aliphatic rings. The molecule has 8 nitrogen and oxygen atoms in total. The molecule has 0 saturated carbocycles. The number of aromatic nitrogens is 3. The van der Waals surface area contributed by atoms with E-state index in [-0.39, 0.29) is 17.3 Å². The quantitative estimate of drug-likeness (QED) is 0.763. The van der Waals surface area contributed by atoms with Gasteiger partial charge in [0.05, 0.1) is 17.5 Å². The van der Waals surface area contributed by atoms with Crippen molar-refractivity contribution in [2.24, 2.45) is 0 Å². The molecular weight excluding hydrogens is 392 g/mol. The van der Waals surface area contributed by atoms with Crippen molar-refractivity contribution in [1.29, 1.82) is 0 Å². The number of amides is 1. The summed E-state index contributed by atoms with van der Waals surface area (Å²) in [6, 6.07) is 2.03. The summed E-state index contributed by atoms with van der Waals surface area (Å²) in [5.74, 6) is -1.24. The van der Waals surface area contributed by atoms with Crippen molar-refractivity contribution < 1.29 is 22.0 Å². The van der Waals surface area contributed by atoms with Gasteiger partial charge in [0.1, 0.15) is 0 Å². The number of rotatable bonds is 3. The Morgan fingerprint density at radius 1 is 1.14 bits per heavy atom. The summed E-state index contributed by atoms with van der Waals surface area (Å²) in [7, 11) is -4.02. The summed E-state index contributed by atoms with van der Waals surface area (Å²) in [5, 5.41) is 8.33. The van der Waals surface area contributed by atoms with E-state index in [0.29, 0.717) is 50.2 Å². The van der Waals surface area contributed by atoms with E-state index < -0.39 is 27.7 Å². The summed E-state index contributed by atoms with van der Waals surface area (Å²) >= 11 is 0. The molecule has 1 fully saturated rings. The fourth-order valence-corrected chi connectivity index (χ4v) is 5.42. The molecular formula is C17H19F2N5O3S. The smallest absolute Gasteiger partial charge is 0.243 e. The number of hydrogen-bond acceptors (Lipinski definition) is 5. The first-order chi connectivity index (χ1) is 13.3. The third-order valence-corrected chi connectivity index (χ3v) is 7.13. The molecule has 4 rings (SSSR count). The molecule has 0 radical (unpaired) electrons. The average Bonchev–Trinajstić information content (AvgIpc) is 3.29. The van der Waals surface area contributed by atoms with Gasteiger partial charge in [-0.3, -0.25) is 4.79 Å². The van der Waals surface area contributed by atoms with Crippen molar-refractivity contribution in [3.63, 3.8) is 0 Å². The predicted molar refractivity (Wildman–Crippen MR) is 93.3 cm³/mol. The van der Waals surface area contributed by atoms with Crippen LogP contribution < -0.4 is 0 Å². The third-order valence-electron chi connectivity index (χ3n) is 5.23. The largest absolute Gasteiger partial charge is 0.334 e. The molecule has 1 amide bonds. The van der Waals surface area contributed by atoms with Gasteiger partial charge in [-0.05, 0) is 31.0 Å². The molecule has 2 aromatic rings. The van der Waals surface area contributed by atoms with Crippen LogP contribution in [0.2, 0.25) is 0 Å². The van der Waals surface area contributed by atoms with Gasteiger partial charge in [0, 0.05) is 26.6 Å². The van der Waals surface area contributed by atoms with E-state index in [1.54, 1.807) is 4.90 Å². The Balaban J connectivity index is 1.66. The van der Waals surface area contributed by atoms with E-state index in [2.05, 4.69) is 10.2 Å². The van der Waals surface area contributed by atoms with Gasteiger partial charge in [-0.25, -0.2) is 17.2 Å². The monoisotopic (exact) mass is 411 g/mol. The van der Waals surface area contributed by atoms with Gasteiger partial charge in [0.25, 0.3) is 0 Å². The highest BCUT2D eigenvalue weighted by molar-refractivity contribution is 7.89. The molecule has 1 unspecified atom stereocenters. The number of hydrogen-bond donors (Lipinski definition) is 0. The normalized spacial score (nSPS) is 20.4. The number of carbonyl (C=O) groups is 1. The lowest BCUT2D eigenvalue weighted by Gasteiger charge is -2.29. The van der Waals surface area contributed by atoms with Crippen LogP contribution in [0.1, 0.15) is 37.5 Å². The fourth-order valence-electron chi connectivity index (χ4n) is 3.75. The standard InChI is InChI=1S/C17H19F2N5O3S/c1-11(25)22-7-8-23-16(10-22)20-21-17(23)15-3-2-6-24(15)28(26,27)12-4-5-13(18)14(19)9-12/h4-5,9,15H,2-3,6-8,10H2,1H3. The van der Waals surface area contributed by atoms with E-state index >= 15 is 0 Å². The summed E-state index contributed by atoms with van der Waals surface area (Å²) in [4.78, 5) is 12.9. The minimum absolute atomic E-state index is 0.0563. The van der Waals surface area contributed by atoms with Gasteiger partial charge in [-0.15, -0.1) is 10.2 Å². The van der Waals surface area contributed by atoms with Crippen LogP contribution in [-0.2, 0) is 27.9 Å². The van der Waals surface area contributed by atoms with E-state index in [0.717, 1.165) is 12.1 Å². The second-order valence-electron chi connectivity index (χ2n) is 6.92. The Morgan fingerprint density at radius 3 is 2.64 bits per heavy atom. The molecule has 1 atom stereocenters. The zero-order chi connectivity index (χ0) is 20.1. The van der Waals surface area contributed by atoms with Crippen LogP contribution in [0.5, 0.6) is 0 Å². The minimum Gasteiger partial charge on any atom is -0.334 e. The maximum atomic E-state index is 13.6. The van der Waals surface area contributed by atoms with Gasteiger partial charge >= 0.3 is 0 Å². The molecule has 28 heavy (non-hydrogen) atoms. The molecule has 3 heterocycles. The lowest BCUT2D eigenvalue weighted by atomic mass is 10.2. The van der Waals surface area contributed by atoms with Gasteiger partial charge < -0.3 is 9.47 Å². The van der Waals surface area contributed by atoms with Crippen LogP contribution in [0.4, 0.5) is 8.78 Å². The lowest BCUT2D eigenvalue weighted by Crippen LogP contribution is -2.38. The zero-order valence-electron chi connectivity index (χ0n) is 15.2. The van der Waals surface area contributed by atoms with Crippen molar-refractivity contribution in [2.45, 2.75) is 43.8 Å². The first-order valence-corrected chi connectivity index (χ1v) is 10.4. The molecule has 1 aromatic heterocycles. The van der Waals surface area contributed by atoms with Crippen molar-refractivity contribution >= 4 is 15.9 Å². The number of halogens is 2. The van der Waals surface area contributed by atoms with Crippen LogP contribution >= 0.6 is 0 Å². The Hall–Kier alpha value is -2.40. The molecule has 11 heteroatoms. The Morgan fingerprint density at radius 2 is 1.93 bits per heavy atom. The Bertz CT molecular complexity index is 1040. The molecule has 0 aliphatic carbocycles. The van der Waals surface area contributed by atoms with Crippen LogP contribution in [0.3, 0.4) is 0 Å². The summed E-state index contributed by atoms with van der Waals surface area (Å²) < 4.78 is 56.0. The third kappa shape index (κ3) is 3.08. The second kappa shape index (κ2) is 6.89. The second-order valence-corrected chi connectivity index (χ2v) is 8.81. The van der Waals surface area contributed by atoms with E-state index in [1.807, 2.05) is 4.57 Å². The maximum Gasteiger partial charge on any atom is 0.243 e. The molecule has 150 valence electrons. The average molecular weight is 411 g/mol. The SMILES string of the molecule is CC(=O)N1CCn2c(nnc2C2CCCN2S(=O)(=O)c2ccc(F)c(F)c2)C1. The number of benzene rings is 1. The van der Waals surface area contributed by atoms with Crippen molar-refractivity contribution in [3.8, 4) is 0 Å². The van der Waals surface area contributed by atoms with Crippen LogP contribution in [-0.4, -0.2) is 51.4 Å². The van der Waals surface area contributed by atoms with Gasteiger partial charge in [0.15, 0.2) is 23.3 Å². The van der Waals surface area contributed by atoms with Crippen molar-refractivity contribution in [3.05, 3.63) is 41.5 Å². The highest BCUT2D eigenvalue weighted by Crippen LogP contribution is 2.36. The first kappa shape index (κ1) is 18.9. The van der Waals surface area contributed by atoms with E-state index in [1.165, 1.54) is 11.2 Å². The van der Waals surface area contributed by atoms with Crippen LogP contribution in [0, 0.1) is 11.6 Å². The van der Waals surface area contributed by atoms with Gasteiger partial charge in [-0.1, -0.05) is 0 Å². The number of carbonyl (C=O) groups excluding carboxylic acids is 1. The summed E-state index contributed by atoms with van der Waals surface area (Å²) in [5.41, 5.74) is 0. The van der Waals surface area contributed by atoms with Crippen LogP contribution in [0.25, 0.3) is 0 Å². The molecule has 1 saturated heterocycles. The van der Waals surface area contributed by atoms with E-state index in [4.69, 9.17) is 0 Å². The fraction of sp³-hybridized carbons (Fsp3) is 0.471. The maximum absolute atomic E-state index is 13.6. The number of sulfonamides is 1. The highest BCUT2D eigenvalue weighted by atomic mass is 32.2. The summed E-state index contributed by atoms with van der Waals surface area (Å²) in [6.07, 6.45) is 1.17. The summed E-state index contributed by atoms with van der Waals surface area (Å²) in [6.45, 7) is 3.04. The van der Waals surface area contributed by atoms with Crippen molar-refractivity contribution in [2.75, 3.05) is 13.1 Å². The topological polar surface area (TPSA) is 88.4 Å². The minimum atomic E-state index is -4.02. The Kier molecular flexibility index (Phi) is 4.66. The molecule has 2 aliphatic heterocycles. The first-order valence-electron chi connectivity index (χ1n) is 8.93. The van der Waals surface area contributed by atoms with Gasteiger partial charge in [-0.2, -0.15) is 4.31 Å². The molecule has 1 aromatic carbocycles. The number of nitrogens with zero attached hydrogens (tertiary/aromatic N) is 5. The highest BCUT2D eigenvalue weighted by Gasteiger charge is 2.40. The zero-order valence-corrected chi connectivity index (χ0v) is 16.0. The lowest BCUT2D eigenvalue weighted by molar-refractivity contribution is -0.130. The van der Waals surface area contributed by atoms with Crippen LogP contribution in [0.15, 0.2) is 23.1 Å². The predicted octanol–water partition coefficient (Wildman–Crippen LogP) is 1.44. The molecule has 0 bridgehead atoms. The Labute approximate surface area is 160 Å². The van der Waals surface area contributed by atoms with Gasteiger partial charge in [0.2, 0.25) is 15.9 Å². The molecule has 0 N–H and O–H groups in total. The van der Waals surface area contributed by atoms with E-state index in [9.17, 15) is 22.0 Å².